The molecule has 0 unspecified atom stereocenters. The molecule has 0 atom stereocenters. The van der Waals surface area contributed by atoms with Crippen molar-refractivity contribution >= 4 is 11.6 Å². The summed E-state index contributed by atoms with van der Waals surface area (Å²) in [7, 11) is 4.65. The van der Waals surface area contributed by atoms with Crippen LogP contribution in [0.25, 0.3) is 34.4 Å². The van der Waals surface area contributed by atoms with Crippen molar-refractivity contribution in [3.05, 3.63) is 46.6 Å². The van der Waals surface area contributed by atoms with Gasteiger partial charge in [0.1, 0.15) is 11.5 Å². The van der Waals surface area contributed by atoms with Gasteiger partial charge in [-0.2, -0.15) is 4.98 Å². The first-order chi connectivity index (χ1) is 15.0. The Balaban J connectivity index is 1.75. The van der Waals surface area contributed by atoms with Gasteiger partial charge in [0.15, 0.2) is 11.5 Å². The fourth-order valence-corrected chi connectivity index (χ4v) is 3.68. The van der Waals surface area contributed by atoms with Crippen molar-refractivity contribution in [1.29, 1.82) is 0 Å². The lowest BCUT2D eigenvalue weighted by Crippen LogP contribution is -1.96. The minimum Gasteiger partial charge on any atom is -0.493 e. The summed E-state index contributed by atoms with van der Waals surface area (Å²) in [6, 6.07) is 9.22. The first-order valence-corrected chi connectivity index (χ1v) is 9.81. The molecule has 4 rings (SSSR count). The molecule has 0 amide bonds. The molecule has 0 saturated heterocycles. The lowest BCUT2D eigenvalue weighted by atomic mass is 10.1. The lowest BCUT2D eigenvalue weighted by Gasteiger charge is -2.12. The van der Waals surface area contributed by atoms with Crippen LogP contribution < -0.4 is 14.2 Å². The Labute approximate surface area is 184 Å². The van der Waals surface area contributed by atoms with E-state index in [1.54, 1.807) is 33.5 Å². The molecule has 0 radical (unpaired) electrons. The van der Waals surface area contributed by atoms with Crippen LogP contribution in [0.15, 0.2) is 34.9 Å². The van der Waals surface area contributed by atoms with Crippen LogP contribution >= 0.6 is 11.6 Å². The van der Waals surface area contributed by atoms with Crippen LogP contribution in [-0.2, 0) is 0 Å². The Hall–Kier alpha value is -3.52. The fraction of sp³-hybridized carbons (Fsp3) is 0.227. The molecule has 4 aromatic rings. The molecule has 0 aliphatic rings. The van der Waals surface area contributed by atoms with Gasteiger partial charge >= 0.3 is 0 Å². The number of ether oxygens (including phenoxy) is 3. The summed E-state index contributed by atoms with van der Waals surface area (Å²) >= 11 is 6.39. The highest BCUT2D eigenvalue weighted by Gasteiger charge is 2.21. The third-order valence-corrected chi connectivity index (χ3v) is 5.21. The van der Waals surface area contributed by atoms with E-state index < -0.39 is 0 Å². The first-order valence-electron chi connectivity index (χ1n) is 9.43. The Morgan fingerprint density at radius 2 is 1.68 bits per heavy atom. The number of rotatable bonds is 6. The van der Waals surface area contributed by atoms with Crippen molar-refractivity contribution in [2.75, 3.05) is 21.3 Å². The molecule has 2 aromatic carbocycles. The molecule has 0 aliphatic heterocycles. The predicted molar refractivity (Wildman–Crippen MR) is 117 cm³/mol. The van der Waals surface area contributed by atoms with E-state index in [1.165, 1.54) is 0 Å². The highest BCUT2D eigenvalue weighted by Crippen LogP contribution is 2.41. The molecule has 1 N–H and O–H groups in total. The van der Waals surface area contributed by atoms with Crippen molar-refractivity contribution < 1.29 is 18.7 Å². The van der Waals surface area contributed by atoms with Crippen LogP contribution in [0.4, 0.5) is 0 Å². The second-order valence-corrected chi connectivity index (χ2v) is 7.24. The zero-order valence-corrected chi connectivity index (χ0v) is 18.5. The second-order valence-electron chi connectivity index (χ2n) is 6.83. The highest BCUT2D eigenvalue weighted by molar-refractivity contribution is 6.33. The molecular formula is C22H21ClN4O4. The molecule has 2 aromatic heterocycles. The molecule has 160 valence electrons. The monoisotopic (exact) mass is 440 g/mol. The molecule has 0 saturated carbocycles. The predicted octanol–water partition coefficient (Wildman–Crippen LogP) is 5.09. The lowest BCUT2D eigenvalue weighted by molar-refractivity contribution is 0.324. The van der Waals surface area contributed by atoms with Crippen molar-refractivity contribution in [3.8, 4) is 51.6 Å². The highest BCUT2D eigenvalue weighted by atomic mass is 35.5. The Kier molecular flexibility index (Phi) is 5.56. The fourth-order valence-electron chi connectivity index (χ4n) is 3.37. The third kappa shape index (κ3) is 3.70. The van der Waals surface area contributed by atoms with Crippen LogP contribution in [0.2, 0.25) is 5.02 Å². The number of hydrogen-bond acceptors (Lipinski definition) is 7. The van der Waals surface area contributed by atoms with Gasteiger partial charge in [0, 0.05) is 16.8 Å². The number of imidazole rings is 1. The Morgan fingerprint density at radius 1 is 0.968 bits per heavy atom. The summed E-state index contributed by atoms with van der Waals surface area (Å²) in [4.78, 5) is 12.5. The minimum absolute atomic E-state index is 0.286. The SMILES string of the molecule is COc1cc(-c2noc(-c3nc(-c4c(C)cccc4Cl)[nH]c3C)n2)cc(OC)c1OC. The number of aromatic amines is 1. The zero-order chi connectivity index (χ0) is 22.1. The number of halogens is 1. The zero-order valence-electron chi connectivity index (χ0n) is 17.7. The number of benzene rings is 2. The van der Waals surface area contributed by atoms with Gasteiger partial charge in [-0.25, -0.2) is 4.98 Å². The van der Waals surface area contributed by atoms with Gasteiger partial charge in [-0.1, -0.05) is 28.9 Å². The third-order valence-electron chi connectivity index (χ3n) is 4.89. The van der Waals surface area contributed by atoms with Gasteiger partial charge in [0.05, 0.1) is 26.4 Å². The maximum atomic E-state index is 6.39. The summed E-state index contributed by atoms with van der Waals surface area (Å²) in [5.74, 6) is 2.77. The quantitative estimate of drug-likeness (QED) is 0.446. The summed E-state index contributed by atoms with van der Waals surface area (Å²) in [5.41, 5.74) is 3.84. The maximum absolute atomic E-state index is 6.39. The largest absolute Gasteiger partial charge is 0.493 e. The van der Waals surface area contributed by atoms with Gasteiger partial charge in [-0.05, 0) is 37.6 Å². The van der Waals surface area contributed by atoms with Crippen molar-refractivity contribution in [2.45, 2.75) is 13.8 Å². The van der Waals surface area contributed by atoms with Crippen LogP contribution in [0.3, 0.4) is 0 Å². The minimum atomic E-state index is 0.286. The molecule has 31 heavy (non-hydrogen) atoms. The van der Waals surface area contributed by atoms with Gasteiger partial charge in [0.2, 0.25) is 11.6 Å². The molecule has 0 spiro atoms. The smallest absolute Gasteiger partial charge is 0.278 e. The van der Waals surface area contributed by atoms with E-state index >= 15 is 0 Å². The van der Waals surface area contributed by atoms with E-state index in [4.69, 9.17) is 30.3 Å². The van der Waals surface area contributed by atoms with E-state index in [0.717, 1.165) is 16.8 Å². The number of nitrogens with one attached hydrogen (secondary N) is 1. The molecule has 0 aliphatic carbocycles. The molecular weight excluding hydrogens is 420 g/mol. The summed E-state index contributed by atoms with van der Waals surface area (Å²) < 4.78 is 21.7. The van der Waals surface area contributed by atoms with Gasteiger partial charge < -0.3 is 23.7 Å². The van der Waals surface area contributed by atoms with Crippen molar-refractivity contribution in [3.63, 3.8) is 0 Å². The van der Waals surface area contributed by atoms with Gasteiger partial charge in [0.25, 0.3) is 5.89 Å². The summed E-state index contributed by atoms with van der Waals surface area (Å²) in [6.07, 6.45) is 0. The second kappa shape index (κ2) is 8.31. The summed E-state index contributed by atoms with van der Waals surface area (Å²) in [6.45, 7) is 3.87. The number of hydrogen-bond donors (Lipinski definition) is 1. The summed E-state index contributed by atoms with van der Waals surface area (Å²) in [5, 5.41) is 4.72. The first kappa shape index (κ1) is 20.7. The number of aromatic nitrogens is 4. The van der Waals surface area contributed by atoms with E-state index in [9.17, 15) is 0 Å². The number of H-pyrrole nitrogens is 1. The topological polar surface area (TPSA) is 95.3 Å². The Bertz CT molecular complexity index is 1200. The molecule has 9 heteroatoms. The van der Waals surface area contributed by atoms with Crippen LogP contribution in [0.5, 0.6) is 17.2 Å². The average molecular weight is 441 g/mol. The van der Waals surface area contributed by atoms with Crippen LogP contribution in [-0.4, -0.2) is 41.4 Å². The maximum Gasteiger partial charge on any atom is 0.278 e. The van der Waals surface area contributed by atoms with E-state index in [1.807, 2.05) is 32.0 Å². The molecule has 0 fully saturated rings. The van der Waals surface area contributed by atoms with E-state index in [2.05, 4.69) is 20.1 Å². The molecule has 8 nitrogen and oxygen atoms in total. The van der Waals surface area contributed by atoms with Crippen LogP contribution in [0.1, 0.15) is 11.3 Å². The molecule has 2 heterocycles. The normalized spacial score (nSPS) is 10.9. The average Bonchev–Trinajstić information content (AvgIpc) is 3.39. The Morgan fingerprint density at radius 3 is 2.29 bits per heavy atom. The van der Waals surface area contributed by atoms with E-state index in [0.29, 0.717) is 45.2 Å². The van der Waals surface area contributed by atoms with Crippen LogP contribution in [0, 0.1) is 13.8 Å². The van der Waals surface area contributed by atoms with Gasteiger partial charge in [-0.3, -0.25) is 0 Å². The standard InChI is InChI=1S/C22H21ClN4O4/c1-11-7-6-8-14(23)17(11)21-24-12(2)18(25-21)22-26-20(27-31-22)13-9-15(28-3)19(30-5)16(10-13)29-4/h6-10H,1-5H3,(H,24,25). The molecule has 0 bridgehead atoms. The van der Waals surface area contributed by atoms with Gasteiger partial charge in [-0.15, -0.1) is 0 Å². The van der Waals surface area contributed by atoms with E-state index in [-0.39, 0.29) is 5.89 Å². The van der Waals surface area contributed by atoms with Crippen molar-refractivity contribution in [2.24, 2.45) is 0 Å². The number of methoxy groups -OCH3 is 3. The number of nitrogens with zero attached hydrogens (tertiary/aromatic N) is 3. The number of aryl methyl sites for hydroxylation is 2. The van der Waals surface area contributed by atoms with Crippen molar-refractivity contribution in [1.82, 2.24) is 20.1 Å².